The molecule has 1 aliphatic rings. The maximum Gasteiger partial charge on any atom is 0.323 e. The summed E-state index contributed by atoms with van der Waals surface area (Å²) in [4.78, 5) is 14.0. The Kier molecular flexibility index (Phi) is 5.05. The van der Waals surface area contributed by atoms with Crippen LogP contribution in [0.3, 0.4) is 0 Å². The summed E-state index contributed by atoms with van der Waals surface area (Å²) in [5.41, 5.74) is 0. The number of carbonyl (C=O) groups is 1. The van der Waals surface area contributed by atoms with Crippen molar-refractivity contribution >= 4 is 5.97 Å². The number of esters is 1. The lowest BCUT2D eigenvalue weighted by Crippen LogP contribution is -2.48. The summed E-state index contributed by atoms with van der Waals surface area (Å²) in [7, 11) is 3.93. The zero-order chi connectivity index (χ0) is 11.3. The fourth-order valence-corrected chi connectivity index (χ4v) is 2.26. The van der Waals surface area contributed by atoms with Crippen molar-refractivity contribution in [3.05, 3.63) is 0 Å². The minimum atomic E-state index is -0.146. The predicted molar refractivity (Wildman–Crippen MR) is 59.7 cm³/mol. The molecule has 0 spiro atoms. The van der Waals surface area contributed by atoms with Crippen molar-refractivity contribution < 1.29 is 9.53 Å². The zero-order valence-corrected chi connectivity index (χ0v) is 9.95. The number of nitrogens with zero attached hydrogens (tertiary/aromatic N) is 1. The lowest BCUT2D eigenvalue weighted by atomic mass is 9.91. The highest BCUT2D eigenvalue weighted by atomic mass is 16.5. The first kappa shape index (κ1) is 12.5. The van der Waals surface area contributed by atoms with Gasteiger partial charge in [-0.25, -0.2) is 0 Å². The van der Waals surface area contributed by atoms with Crippen LogP contribution in [0.1, 0.15) is 19.8 Å². The number of rotatable bonds is 4. The first-order valence-electron chi connectivity index (χ1n) is 5.71. The van der Waals surface area contributed by atoms with E-state index in [0.29, 0.717) is 12.5 Å². The molecular formula is C11H22N2O2. The number of likely N-dealkylation sites (N-methyl/N-ethyl adjacent to an activating group) is 1. The van der Waals surface area contributed by atoms with Crippen LogP contribution in [-0.4, -0.2) is 50.7 Å². The molecule has 0 amide bonds. The Balaban J connectivity index is 2.52. The van der Waals surface area contributed by atoms with Gasteiger partial charge in [0.1, 0.15) is 6.04 Å². The third kappa shape index (κ3) is 3.47. The molecule has 0 radical (unpaired) electrons. The molecule has 2 atom stereocenters. The van der Waals surface area contributed by atoms with E-state index < -0.39 is 0 Å². The highest BCUT2D eigenvalue weighted by molar-refractivity contribution is 5.76. The standard InChI is InChI=1S/C11H22N2O2/c1-4-15-11(14)10(12-2)9-6-5-7-13(3)8-9/h9-10,12H,4-8H2,1-3H3. The van der Waals surface area contributed by atoms with E-state index in [2.05, 4.69) is 17.3 Å². The topological polar surface area (TPSA) is 41.6 Å². The lowest BCUT2D eigenvalue weighted by molar-refractivity contribution is -0.147. The Morgan fingerprint density at radius 1 is 1.67 bits per heavy atom. The normalized spacial score (nSPS) is 24.9. The third-order valence-electron chi connectivity index (χ3n) is 2.98. The average Bonchev–Trinajstić information content (AvgIpc) is 2.19. The van der Waals surface area contributed by atoms with Gasteiger partial charge in [0.15, 0.2) is 0 Å². The summed E-state index contributed by atoms with van der Waals surface area (Å²) < 4.78 is 5.06. The number of likely N-dealkylation sites (tertiary alicyclic amines) is 1. The van der Waals surface area contributed by atoms with Crippen LogP contribution in [0.15, 0.2) is 0 Å². The molecule has 4 nitrogen and oxygen atoms in total. The van der Waals surface area contributed by atoms with Gasteiger partial charge in [-0.05, 0) is 46.3 Å². The van der Waals surface area contributed by atoms with Crippen LogP contribution < -0.4 is 5.32 Å². The van der Waals surface area contributed by atoms with Gasteiger partial charge in [0.2, 0.25) is 0 Å². The molecular weight excluding hydrogens is 192 g/mol. The largest absolute Gasteiger partial charge is 0.465 e. The molecule has 1 aliphatic heterocycles. The molecule has 1 fully saturated rings. The summed E-state index contributed by atoms with van der Waals surface area (Å²) in [5, 5.41) is 3.08. The molecule has 0 saturated carbocycles. The number of nitrogens with one attached hydrogen (secondary N) is 1. The van der Waals surface area contributed by atoms with Gasteiger partial charge in [-0.1, -0.05) is 0 Å². The summed E-state index contributed by atoms with van der Waals surface area (Å²) in [5.74, 6) is 0.271. The molecule has 15 heavy (non-hydrogen) atoms. The van der Waals surface area contributed by atoms with Gasteiger partial charge in [0.25, 0.3) is 0 Å². The number of hydrogen-bond acceptors (Lipinski definition) is 4. The van der Waals surface area contributed by atoms with Gasteiger partial charge in [-0.3, -0.25) is 4.79 Å². The average molecular weight is 214 g/mol. The van der Waals surface area contributed by atoms with Gasteiger partial charge >= 0.3 is 5.97 Å². The zero-order valence-electron chi connectivity index (χ0n) is 9.95. The molecule has 1 N–H and O–H groups in total. The molecule has 0 aromatic heterocycles. The first-order chi connectivity index (χ1) is 7.19. The second-order valence-electron chi connectivity index (χ2n) is 4.18. The molecule has 4 heteroatoms. The molecule has 0 aliphatic carbocycles. The van der Waals surface area contributed by atoms with Crippen molar-refractivity contribution in [2.75, 3.05) is 33.8 Å². The highest BCUT2D eigenvalue weighted by Gasteiger charge is 2.30. The van der Waals surface area contributed by atoms with Crippen LogP contribution in [0.4, 0.5) is 0 Å². The second-order valence-corrected chi connectivity index (χ2v) is 4.18. The Morgan fingerprint density at radius 2 is 2.40 bits per heavy atom. The van der Waals surface area contributed by atoms with E-state index in [9.17, 15) is 4.79 Å². The van der Waals surface area contributed by atoms with Crippen molar-refractivity contribution in [2.24, 2.45) is 5.92 Å². The van der Waals surface area contributed by atoms with Crippen molar-refractivity contribution in [3.8, 4) is 0 Å². The number of hydrogen-bond donors (Lipinski definition) is 1. The quantitative estimate of drug-likeness (QED) is 0.691. The minimum Gasteiger partial charge on any atom is -0.465 e. The van der Waals surface area contributed by atoms with Crippen molar-refractivity contribution in [1.29, 1.82) is 0 Å². The van der Waals surface area contributed by atoms with E-state index in [1.54, 1.807) is 0 Å². The summed E-state index contributed by atoms with van der Waals surface area (Å²) >= 11 is 0. The number of ether oxygens (including phenoxy) is 1. The van der Waals surface area contributed by atoms with E-state index in [4.69, 9.17) is 4.74 Å². The Morgan fingerprint density at radius 3 is 2.93 bits per heavy atom. The molecule has 0 aromatic rings. The van der Waals surface area contributed by atoms with Crippen molar-refractivity contribution in [1.82, 2.24) is 10.2 Å². The number of piperidine rings is 1. The predicted octanol–water partition coefficient (Wildman–Crippen LogP) is 0.479. The number of carbonyl (C=O) groups excluding carboxylic acids is 1. The fraction of sp³-hybridized carbons (Fsp3) is 0.909. The molecule has 0 bridgehead atoms. The van der Waals surface area contributed by atoms with E-state index in [1.807, 2.05) is 14.0 Å². The van der Waals surface area contributed by atoms with E-state index in [1.165, 1.54) is 6.42 Å². The van der Waals surface area contributed by atoms with Gasteiger partial charge in [-0.2, -0.15) is 0 Å². The van der Waals surface area contributed by atoms with Crippen LogP contribution in [-0.2, 0) is 9.53 Å². The lowest BCUT2D eigenvalue weighted by Gasteiger charge is -2.33. The van der Waals surface area contributed by atoms with Crippen LogP contribution in [0.25, 0.3) is 0 Å². The fourth-order valence-electron chi connectivity index (χ4n) is 2.26. The molecule has 1 rings (SSSR count). The molecule has 1 saturated heterocycles. The molecule has 1 heterocycles. The van der Waals surface area contributed by atoms with Crippen molar-refractivity contribution in [2.45, 2.75) is 25.8 Å². The van der Waals surface area contributed by atoms with Gasteiger partial charge in [-0.15, -0.1) is 0 Å². The van der Waals surface area contributed by atoms with Crippen LogP contribution in [0.5, 0.6) is 0 Å². The monoisotopic (exact) mass is 214 g/mol. The second kappa shape index (κ2) is 6.08. The van der Waals surface area contributed by atoms with E-state index in [-0.39, 0.29) is 12.0 Å². The Bertz CT molecular complexity index is 209. The highest BCUT2D eigenvalue weighted by Crippen LogP contribution is 2.19. The maximum absolute atomic E-state index is 11.7. The van der Waals surface area contributed by atoms with Crippen LogP contribution >= 0.6 is 0 Å². The first-order valence-corrected chi connectivity index (χ1v) is 5.71. The minimum absolute atomic E-state index is 0.111. The van der Waals surface area contributed by atoms with Gasteiger partial charge in [0.05, 0.1) is 6.61 Å². The molecule has 2 unspecified atom stereocenters. The van der Waals surface area contributed by atoms with Gasteiger partial charge < -0.3 is 15.0 Å². The molecule has 88 valence electrons. The van der Waals surface area contributed by atoms with E-state index >= 15 is 0 Å². The van der Waals surface area contributed by atoms with E-state index in [0.717, 1.165) is 19.5 Å². The van der Waals surface area contributed by atoms with Crippen LogP contribution in [0, 0.1) is 5.92 Å². The van der Waals surface area contributed by atoms with Crippen molar-refractivity contribution in [3.63, 3.8) is 0 Å². The SMILES string of the molecule is CCOC(=O)C(NC)C1CCCN(C)C1. The van der Waals surface area contributed by atoms with Crippen LogP contribution in [0.2, 0.25) is 0 Å². The third-order valence-corrected chi connectivity index (χ3v) is 2.98. The summed E-state index contributed by atoms with van der Waals surface area (Å²) in [6, 6.07) is -0.146. The smallest absolute Gasteiger partial charge is 0.323 e. The summed E-state index contributed by atoms with van der Waals surface area (Å²) in [6.45, 7) is 4.41. The van der Waals surface area contributed by atoms with Gasteiger partial charge in [0, 0.05) is 6.54 Å². The Labute approximate surface area is 92.0 Å². The maximum atomic E-state index is 11.7. The molecule has 0 aromatic carbocycles. The Hall–Kier alpha value is -0.610. The summed E-state index contributed by atoms with van der Waals surface area (Å²) in [6.07, 6.45) is 2.27.